The number of imide groups is 1. The molecule has 0 saturated heterocycles. The van der Waals surface area contributed by atoms with Gasteiger partial charge in [-0.25, -0.2) is 0 Å². The predicted octanol–water partition coefficient (Wildman–Crippen LogP) is 3.83. The first-order valence-corrected chi connectivity index (χ1v) is 7.61. The molecule has 1 heterocycles. The lowest BCUT2D eigenvalue weighted by molar-refractivity contribution is -0.144. The van der Waals surface area contributed by atoms with Crippen molar-refractivity contribution >= 4 is 11.8 Å². The van der Waals surface area contributed by atoms with Crippen molar-refractivity contribution in [1.29, 1.82) is 0 Å². The number of carbonyl (C=O) groups is 2. The van der Waals surface area contributed by atoms with Crippen LogP contribution in [0.5, 0.6) is 0 Å². The van der Waals surface area contributed by atoms with Gasteiger partial charge in [-0.15, -0.1) is 0 Å². The van der Waals surface area contributed by atoms with Crippen molar-refractivity contribution < 1.29 is 9.59 Å². The molecule has 0 bridgehead atoms. The van der Waals surface area contributed by atoms with E-state index < -0.39 is 0 Å². The third kappa shape index (κ3) is 4.19. The fourth-order valence-electron chi connectivity index (χ4n) is 2.67. The maximum absolute atomic E-state index is 11.8. The minimum atomic E-state index is -0.317. The highest BCUT2D eigenvalue weighted by Gasteiger charge is 2.38. The summed E-state index contributed by atoms with van der Waals surface area (Å²) in [5.41, 5.74) is -0.317. The largest absolute Gasteiger partial charge is 0.269 e. The van der Waals surface area contributed by atoms with E-state index in [0.29, 0.717) is 0 Å². The molecule has 0 aliphatic carbocycles. The van der Waals surface area contributed by atoms with Crippen LogP contribution in [0.25, 0.3) is 0 Å². The lowest BCUT2D eigenvalue weighted by atomic mass is 9.89. The van der Waals surface area contributed by atoms with Crippen molar-refractivity contribution in [2.75, 3.05) is 0 Å². The second-order valence-corrected chi connectivity index (χ2v) is 5.71. The molecular weight excluding hydrogens is 238 g/mol. The first-order chi connectivity index (χ1) is 9.05. The van der Waals surface area contributed by atoms with Gasteiger partial charge in [-0.05, 0) is 19.8 Å². The van der Waals surface area contributed by atoms with Crippen LogP contribution in [0.15, 0.2) is 12.2 Å². The van der Waals surface area contributed by atoms with E-state index in [9.17, 15) is 9.59 Å². The van der Waals surface area contributed by atoms with Crippen LogP contribution < -0.4 is 0 Å². The predicted molar refractivity (Wildman–Crippen MR) is 77.7 cm³/mol. The van der Waals surface area contributed by atoms with Gasteiger partial charge in [0, 0.05) is 17.7 Å². The number of hydrogen-bond acceptors (Lipinski definition) is 2. The molecule has 0 saturated carbocycles. The average Bonchev–Trinajstić information content (AvgIpc) is 2.73. The molecular formula is C16H27NO2. The molecule has 0 aromatic heterocycles. The van der Waals surface area contributed by atoms with E-state index >= 15 is 0 Å². The molecule has 108 valence electrons. The third-order valence-electron chi connectivity index (χ3n) is 4.18. The Balaban J connectivity index is 2.43. The molecule has 0 radical (unpaired) electrons. The van der Waals surface area contributed by atoms with Crippen LogP contribution in [0.2, 0.25) is 0 Å². The van der Waals surface area contributed by atoms with E-state index in [1.54, 1.807) is 0 Å². The fourth-order valence-corrected chi connectivity index (χ4v) is 2.67. The molecule has 1 rings (SSSR count). The molecule has 0 N–H and O–H groups in total. The number of amides is 2. The normalized spacial score (nSPS) is 18.2. The zero-order valence-electron chi connectivity index (χ0n) is 12.6. The minimum Gasteiger partial charge on any atom is -0.269 e. The second-order valence-electron chi connectivity index (χ2n) is 5.71. The van der Waals surface area contributed by atoms with Crippen molar-refractivity contribution in [3.63, 3.8) is 0 Å². The lowest BCUT2D eigenvalue weighted by Crippen LogP contribution is -2.49. The number of rotatable bonds is 9. The van der Waals surface area contributed by atoms with Crippen LogP contribution in [-0.2, 0) is 9.59 Å². The molecule has 0 fully saturated rings. The Bertz CT molecular complexity index is 331. The summed E-state index contributed by atoms with van der Waals surface area (Å²) in [6, 6.07) is 0. The lowest BCUT2D eigenvalue weighted by Gasteiger charge is -2.36. The van der Waals surface area contributed by atoms with E-state index in [2.05, 4.69) is 13.8 Å². The SMILES string of the molecule is CCCCCCCCC(C)(CC)N1C(=O)C=CC1=O. The second kappa shape index (κ2) is 7.46. The van der Waals surface area contributed by atoms with Crippen LogP contribution >= 0.6 is 0 Å². The monoisotopic (exact) mass is 265 g/mol. The Labute approximate surface area is 117 Å². The molecule has 1 aliphatic rings. The van der Waals surface area contributed by atoms with Crippen LogP contribution in [0, 0.1) is 0 Å². The van der Waals surface area contributed by atoms with Crippen molar-refractivity contribution in [2.24, 2.45) is 0 Å². The summed E-state index contributed by atoms with van der Waals surface area (Å²) in [5.74, 6) is -0.305. The first-order valence-electron chi connectivity index (χ1n) is 7.61. The maximum Gasteiger partial charge on any atom is 0.254 e. The smallest absolute Gasteiger partial charge is 0.254 e. The fraction of sp³-hybridized carbons (Fsp3) is 0.750. The third-order valence-corrected chi connectivity index (χ3v) is 4.18. The van der Waals surface area contributed by atoms with Gasteiger partial charge in [0.25, 0.3) is 11.8 Å². The summed E-state index contributed by atoms with van der Waals surface area (Å²) < 4.78 is 0. The number of hydrogen-bond donors (Lipinski definition) is 0. The van der Waals surface area contributed by atoms with Crippen molar-refractivity contribution in [2.45, 2.75) is 77.7 Å². The molecule has 1 aliphatic heterocycles. The summed E-state index contributed by atoms with van der Waals surface area (Å²) in [4.78, 5) is 25.0. The molecule has 3 nitrogen and oxygen atoms in total. The van der Waals surface area contributed by atoms with Gasteiger partial charge in [-0.2, -0.15) is 0 Å². The Morgan fingerprint density at radius 3 is 2.00 bits per heavy atom. The van der Waals surface area contributed by atoms with Gasteiger partial charge in [0.15, 0.2) is 0 Å². The highest BCUT2D eigenvalue weighted by Crippen LogP contribution is 2.29. The van der Waals surface area contributed by atoms with E-state index in [0.717, 1.165) is 19.3 Å². The zero-order chi connectivity index (χ0) is 14.3. The van der Waals surface area contributed by atoms with Gasteiger partial charge in [0.2, 0.25) is 0 Å². The highest BCUT2D eigenvalue weighted by atomic mass is 16.2. The molecule has 0 aromatic carbocycles. The van der Waals surface area contributed by atoms with Gasteiger partial charge in [0.05, 0.1) is 0 Å². The van der Waals surface area contributed by atoms with Gasteiger partial charge < -0.3 is 0 Å². The maximum atomic E-state index is 11.8. The standard InChI is InChI=1S/C16H27NO2/c1-4-6-7-8-9-10-13-16(3,5-2)17-14(18)11-12-15(17)19/h11-12H,4-10,13H2,1-3H3. The average molecular weight is 265 g/mol. The van der Waals surface area contributed by atoms with Crippen LogP contribution in [0.3, 0.4) is 0 Å². The summed E-state index contributed by atoms with van der Waals surface area (Å²) >= 11 is 0. The molecule has 1 unspecified atom stereocenters. The molecule has 2 amide bonds. The van der Waals surface area contributed by atoms with Gasteiger partial charge in [-0.3, -0.25) is 14.5 Å². The quantitative estimate of drug-likeness (QED) is 0.469. The number of carbonyl (C=O) groups excluding carboxylic acids is 2. The Morgan fingerprint density at radius 1 is 0.947 bits per heavy atom. The zero-order valence-corrected chi connectivity index (χ0v) is 12.6. The molecule has 0 spiro atoms. The van der Waals surface area contributed by atoms with E-state index in [1.807, 2.05) is 6.92 Å². The van der Waals surface area contributed by atoms with Gasteiger partial charge in [-0.1, -0.05) is 52.4 Å². The van der Waals surface area contributed by atoms with E-state index in [1.165, 1.54) is 49.2 Å². The van der Waals surface area contributed by atoms with Crippen LogP contribution in [0.4, 0.5) is 0 Å². The Kier molecular flexibility index (Phi) is 6.26. The highest BCUT2D eigenvalue weighted by molar-refractivity contribution is 6.13. The Morgan fingerprint density at radius 2 is 1.47 bits per heavy atom. The number of nitrogens with zero attached hydrogens (tertiary/aromatic N) is 1. The van der Waals surface area contributed by atoms with E-state index in [-0.39, 0.29) is 17.4 Å². The van der Waals surface area contributed by atoms with Crippen LogP contribution in [-0.4, -0.2) is 22.3 Å². The van der Waals surface area contributed by atoms with Crippen molar-refractivity contribution in [3.8, 4) is 0 Å². The topological polar surface area (TPSA) is 37.4 Å². The molecule has 19 heavy (non-hydrogen) atoms. The first kappa shape index (κ1) is 15.9. The van der Waals surface area contributed by atoms with Crippen molar-refractivity contribution in [3.05, 3.63) is 12.2 Å². The van der Waals surface area contributed by atoms with E-state index in [4.69, 9.17) is 0 Å². The molecule has 0 aromatic rings. The molecule has 1 atom stereocenters. The minimum absolute atomic E-state index is 0.152. The summed E-state index contributed by atoms with van der Waals surface area (Å²) in [5, 5.41) is 0. The molecule has 3 heteroatoms. The Hall–Kier alpha value is -1.12. The summed E-state index contributed by atoms with van der Waals surface area (Å²) in [7, 11) is 0. The van der Waals surface area contributed by atoms with Crippen LogP contribution in [0.1, 0.15) is 72.1 Å². The van der Waals surface area contributed by atoms with Gasteiger partial charge >= 0.3 is 0 Å². The van der Waals surface area contributed by atoms with Gasteiger partial charge in [0.1, 0.15) is 0 Å². The number of unbranched alkanes of at least 4 members (excludes halogenated alkanes) is 5. The van der Waals surface area contributed by atoms with Crippen molar-refractivity contribution in [1.82, 2.24) is 4.90 Å². The summed E-state index contributed by atoms with van der Waals surface area (Å²) in [6.07, 6.45) is 11.9. The summed E-state index contributed by atoms with van der Waals surface area (Å²) in [6.45, 7) is 6.30.